The number of hydrogen-bond acceptors (Lipinski definition) is 7. The van der Waals surface area contributed by atoms with Crippen LogP contribution in [0.2, 0.25) is 5.02 Å². The Balaban J connectivity index is 1.94. The third-order valence-corrected chi connectivity index (χ3v) is 6.57. The fraction of sp³-hybridized carbons (Fsp3) is 0.100. The topological polar surface area (TPSA) is 83.4 Å². The summed E-state index contributed by atoms with van der Waals surface area (Å²) >= 11 is 8.76. The number of amides is 1. The molecule has 0 unspecified atom stereocenters. The maximum absolute atomic E-state index is 13.0. The van der Waals surface area contributed by atoms with Crippen molar-refractivity contribution >= 4 is 57.3 Å². The Morgan fingerprint density at radius 1 is 1.14 bits per heavy atom. The first-order valence-corrected chi connectivity index (χ1v) is 10.9. The summed E-state index contributed by atoms with van der Waals surface area (Å²) in [6.07, 6.45) is 1.85. The number of carbonyl (C=O) groups excluding carboxylic acids is 2. The van der Waals surface area contributed by atoms with Crippen LogP contribution in [0, 0.1) is 0 Å². The zero-order chi connectivity index (χ0) is 20.5. The monoisotopic (exact) mass is 443 g/mol. The number of hydrogen-bond donors (Lipinski definition) is 1. The molecule has 0 bridgehead atoms. The molecule has 1 saturated heterocycles. The van der Waals surface area contributed by atoms with Gasteiger partial charge in [0.05, 0.1) is 11.6 Å². The standard InChI is InChI=1S/C20H14ClN3O3S2/c1-28-20-23-22-19(29-20)24-15(12-8-5-9-13(21)10-12)14(17(26)18(24)27)16(25)11-6-3-2-4-7-11/h2-10,15,25H,1H3/t15-/m1/s1. The minimum absolute atomic E-state index is 0.00984. The van der Waals surface area contributed by atoms with Crippen molar-refractivity contribution < 1.29 is 14.7 Å². The Bertz CT molecular complexity index is 1130. The van der Waals surface area contributed by atoms with Crippen molar-refractivity contribution in [2.24, 2.45) is 0 Å². The lowest BCUT2D eigenvalue weighted by Gasteiger charge is -2.22. The number of rotatable bonds is 4. The first kappa shape index (κ1) is 19.6. The molecule has 0 aliphatic carbocycles. The Morgan fingerprint density at radius 3 is 2.55 bits per heavy atom. The van der Waals surface area contributed by atoms with Crippen LogP contribution in [0.5, 0.6) is 0 Å². The molecule has 2 aromatic carbocycles. The fourth-order valence-corrected chi connectivity index (χ4v) is 4.64. The van der Waals surface area contributed by atoms with Gasteiger partial charge in [-0.1, -0.05) is 77.2 Å². The van der Waals surface area contributed by atoms with Gasteiger partial charge in [0.15, 0.2) is 4.34 Å². The largest absolute Gasteiger partial charge is 0.507 e. The Kier molecular flexibility index (Phi) is 5.40. The van der Waals surface area contributed by atoms with Gasteiger partial charge in [-0.2, -0.15) is 0 Å². The Hall–Kier alpha value is -2.68. The van der Waals surface area contributed by atoms with Crippen LogP contribution in [0.3, 0.4) is 0 Å². The van der Waals surface area contributed by atoms with Crippen molar-refractivity contribution in [2.45, 2.75) is 10.4 Å². The van der Waals surface area contributed by atoms with Crippen LogP contribution in [0.1, 0.15) is 17.2 Å². The van der Waals surface area contributed by atoms with Crippen molar-refractivity contribution in [3.05, 3.63) is 76.3 Å². The zero-order valence-electron chi connectivity index (χ0n) is 15.1. The highest BCUT2D eigenvalue weighted by atomic mass is 35.5. The number of carbonyl (C=O) groups is 2. The first-order chi connectivity index (χ1) is 14.0. The summed E-state index contributed by atoms with van der Waals surface area (Å²) in [4.78, 5) is 27.2. The maximum atomic E-state index is 13.0. The van der Waals surface area contributed by atoms with E-state index >= 15 is 0 Å². The SMILES string of the molecule is CSc1nnc(N2C(=O)C(=O)C(=C(O)c3ccccc3)[C@H]2c2cccc(Cl)c2)s1. The number of nitrogens with zero attached hydrogens (tertiary/aromatic N) is 3. The molecule has 0 radical (unpaired) electrons. The van der Waals surface area contributed by atoms with E-state index < -0.39 is 17.7 Å². The number of aliphatic hydroxyl groups excluding tert-OH is 1. The molecule has 4 rings (SSSR count). The molecule has 3 aromatic rings. The number of benzene rings is 2. The number of aliphatic hydroxyl groups is 1. The van der Waals surface area contributed by atoms with E-state index in [1.165, 1.54) is 28.0 Å². The Morgan fingerprint density at radius 2 is 1.90 bits per heavy atom. The molecule has 9 heteroatoms. The van der Waals surface area contributed by atoms with Gasteiger partial charge >= 0.3 is 5.91 Å². The number of halogens is 1. The van der Waals surface area contributed by atoms with Gasteiger partial charge < -0.3 is 5.11 Å². The van der Waals surface area contributed by atoms with Gasteiger partial charge in [-0.05, 0) is 24.0 Å². The fourth-order valence-electron chi connectivity index (χ4n) is 3.16. The highest BCUT2D eigenvalue weighted by Gasteiger charge is 2.48. The van der Waals surface area contributed by atoms with Crippen LogP contribution in [0.25, 0.3) is 5.76 Å². The maximum Gasteiger partial charge on any atom is 0.301 e. The summed E-state index contributed by atoms with van der Waals surface area (Å²) in [6.45, 7) is 0. The van der Waals surface area contributed by atoms with Crippen molar-refractivity contribution in [3.8, 4) is 0 Å². The molecule has 1 atom stereocenters. The molecule has 1 aliphatic heterocycles. The van der Waals surface area contributed by atoms with Crippen molar-refractivity contribution in [3.63, 3.8) is 0 Å². The second-order valence-corrected chi connectivity index (χ2v) is 8.59. The zero-order valence-corrected chi connectivity index (χ0v) is 17.5. The lowest BCUT2D eigenvalue weighted by atomic mass is 9.95. The van der Waals surface area contributed by atoms with Crippen LogP contribution in [0.15, 0.2) is 64.5 Å². The van der Waals surface area contributed by atoms with Gasteiger partial charge in [0.1, 0.15) is 5.76 Å². The summed E-state index contributed by atoms with van der Waals surface area (Å²) in [5.74, 6) is -1.79. The molecule has 0 spiro atoms. The van der Waals surface area contributed by atoms with E-state index in [0.717, 1.165) is 0 Å². The second-order valence-electron chi connectivity index (χ2n) is 6.14. The van der Waals surface area contributed by atoms with Crippen LogP contribution in [0.4, 0.5) is 5.13 Å². The van der Waals surface area contributed by atoms with Crippen molar-refractivity contribution in [2.75, 3.05) is 11.2 Å². The smallest absolute Gasteiger partial charge is 0.301 e. The number of aromatic nitrogens is 2. The van der Waals surface area contributed by atoms with E-state index in [1.54, 1.807) is 54.6 Å². The Labute approximate surface area is 179 Å². The summed E-state index contributed by atoms with van der Waals surface area (Å²) in [7, 11) is 0. The molecule has 29 heavy (non-hydrogen) atoms. The summed E-state index contributed by atoms with van der Waals surface area (Å²) in [5, 5.41) is 19.8. The molecular formula is C20H14ClN3O3S2. The average Bonchev–Trinajstić information content (AvgIpc) is 3.31. The van der Waals surface area contributed by atoms with Crippen LogP contribution >= 0.6 is 34.7 Å². The first-order valence-electron chi connectivity index (χ1n) is 8.50. The molecule has 1 aromatic heterocycles. The summed E-state index contributed by atoms with van der Waals surface area (Å²) < 4.78 is 0.662. The lowest BCUT2D eigenvalue weighted by molar-refractivity contribution is -0.132. The molecule has 0 saturated carbocycles. The molecule has 1 amide bonds. The van der Waals surface area contributed by atoms with Crippen LogP contribution < -0.4 is 4.90 Å². The highest BCUT2D eigenvalue weighted by molar-refractivity contribution is 8.00. The summed E-state index contributed by atoms with van der Waals surface area (Å²) in [5.41, 5.74) is 1.03. The predicted molar refractivity (Wildman–Crippen MR) is 114 cm³/mol. The summed E-state index contributed by atoms with van der Waals surface area (Å²) in [6, 6.07) is 14.6. The lowest BCUT2D eigenvalue weighted by Crippen LogP contribution is -2.29. The quantitative estimate of drug-likeness (QED) is 0.209. The van der Waals surface area contributed by atoms with Crippen LogP contribution in [-0.2, 0) is 9.59 Å². The minimum atomic E-state index is -0.864. The van der Waals surface area contributed by atoms with Crippen LogP contribution in [-0.4, -0.2) is 33.3 Å². The van der Waals surface area contributed by atoms with E-state index in [2.05, 4.69) is 10.2 Å². The van der Waals surface area contributed by atoms with E-state index in [-0.39, 0.29) is 16.5 Å². The number of thioether (sulfide) groups is 1. The molecule has 2 heterocycles. The molecule has 146 valence electrons. The third-order valence-electron chi connectivity index (χ3n) is 4.43. The van der Waals surface area contributed by atoms with Gasteiger partial charge in [0.25, 0.3) is 5.78 Å². The van der Waals surface area contributed by atoms with Crippen molar-refractivity contribution in [1.29, 1.82) is 0 Å². The number of anilines is 1. The third kappa shape index (κ3) is 3.55. The van der Waals surface area contributed by atoms with E-state index in [1.807, 2.05) is 6.26 Å². The average molecular weight is 444 g/mol. The van der Waals surface area contributed by atoms with Gasteiger partial charge in [-0.3, -0.25) is 14.5 Å². The molecule has 1 N–H and O–H groups in total. The van der Waals surface area contributed by atoms with Gasteiger partial charge in [-0.25, -0.2) is 0 Å². The number of Topliss-reactive ketones (excluding diaryl/α,β-unsaturated/α-hetero) is 1. The normalized spacial score (nSPS) is 18.4. The minimum Gasteiger partial charge on any atom is -0.507 e. The second kappa shape index (κ2) is 7.98. The number of ketones is 1. The molecular weight excluding hydrogens is 430 g/mol. The highest BCUT2D eigenvalue weighted by Crippen LogP contribution is 2.43. The van der Waals surface area contributed by atoms with E-state index in [4.69, 9.17) is 11.6 Å². The van der Waals surface area contributed by atoms with E-state index in [0.29, 0.717) is 20.5 Å². The predicted octanol–water partition coefficient (Wildman–Crippen LogP) is 4.54. The molecule has 6 nitrogen and oxygen atoms in total. The van der Waals surface area contributed by atoms with Gasteiger partial charge in [-0.15, -0.1) is 10.2 Å². The van der Waals surface area contributed by atoms with Gasteiger partial charge in [0, 0.05) is 10.6 Å². The van der Waals surface area contributed by atoms with Crippen molar-refractivity contribution in [1.82, 2.24) is 10.2 Å². The van der Waals surface area contributed by atoms with Gasteiger partial charge in [0.2, 0.25) is 5.13 Å². The molecule has 1 aliphatic rings. The molecule has 1 fully saturated rings. The van der Waals surface area contributed by atoms with E-state index in [9.17, 15) is 14.7 Å².